The van der Waals surface area contributed by atoms with Crippen molar-refractivity contribution in [3.8, 4) is 11.5 Å². The van der Waals surface area contributed by atoms with Gasteiger partial charge in [-0.15, -0.1) is 0 Å². The van der Waals surface area contributed by atoms with E-state index in [1.165, 1.54) is 6.92 Å². The Kier molecular flexibility index (Phi) is 3.01. The second-order valence-electron chi connectivity index (χ2n) is 3.05. The Morgan fingerprint density at radius 2 is 1.71 bits per heavy atom. The molecule has 0 aliphatic carbocycles. The van der Waals surface area contributed by atoms with Crippen molar-refractivity contribution in [2.45, 2.75) is 33.7 Å². The molecule has 0 saturated carbocycles. The van der Waals surface area contributed by atoms with Crippen LogP contribution in [0.1, 0.15) is 26.3 Å². The third-order valence-corrected chi connectivity index (χ3v) is 1.70. The van der Waals surface area contributed by atoms with Crippen LogP contribution in [-0.2, 0) is 0 Å². The van der Waals surface area contributed by atoms with E-state index in [0.29, 0.717) is 11.5 Å². The average Bonchev–Trinajstić information content (AvgIpc) is 2.41. The summed E-state index contributed by atoms with van der Waals surface area (Å²) in [6.45, 7) is 7.42. The molecule has 1 aliphatic heterocycles. The second kappa shape index (κ2) is 3.88. The zero-order valence-corrected chi connectivity index (χ0v) is 9.00. The van der Waals surface area contributed by atoms with Crippen LogP contribution in [0.5, 0.6) is 11.5 Å². The molecule has 3 heteroatoms. The molecule has 1 aliphatic rings. The van der Waals surface area contributed by atoms with Gasteiger partial charge in [0.05, 0.1) is 0 Å². The largest absolute Gasteiger partial charge is 0.426 e. The summed E-state index contributed by atoms with van der Waals surface area (Å²) in [5.74, 6) is -0.318. The van der Waals surface area contributed by atoms with Crippen molar-refractivity contribution < 1.29 is 14.6 Å². The van der Waals surface area contributed by atoms with Crippen LogP contribution in [-0.4, -0.2) is 11.1 Å². The predicted octanol–water partition coefficient (Wildman–Crippen LogP) is 2.46. The lowest BCUT2D eigenvalue weighted by atomic mass is 10.2. The molecule has 0 fully saturated rings. The normalized spacial score (nSPS) is 22.6. The van der Waals surface area contributed by atoms with Crippen molar-refractivity contribution in [1.29, 1.82) is 0 Å². The Morgan fingerprint density at radius 3 is 2.36 bits per heavy atom. The zero-order valence-electron chi connectivity index (χ0n) is 9.00. The van der Waals surface area contributed by atoms with Crippen LogP contribution in [0.2, 0.25) is 0 Å². The predicted molar refractivity (Wildman–Crippen MR) is 54.4 cm³/mol. The standard InChI is InChI=1S/C9H10O3.C2H6/c1-6-3-4-7-8(5-6)12-9(2,10)11-7;1-2/h3-5,10H,1-2H3;1-2H3. The molecule has 0 saturated heterocycles. The summed E-state index contributed by atoms with van der Waals surface area (Å²) in [5, 5.41) is 9.36. The summed E-state index contributed by atoms with van der Waals surface area (Å²) in [5.41, 5.74) is 1.08. The lowest BCUT2D eigenvalue weighted by molar-refractivity contribution is -0.234. The Balaban J connectivity index is 0.000000461. The summed E-state index contributed by atoms with van der Waals surface area (Å²) in [6.07, 6.45) is 0. The van der Waals surface area contributed by atoms with Crippen LogP contribution in [0.3, 0.4) is 0 Å². The van der Waals surface area contributed by atoms with E-state index in [0.717, 1.165) is 5.56 Å². The van der Waals surface area contributed by atoms with Gasteiger partial charge in [0.1, 0.15) is 0 Å². The van der Waals surface area contributed by atoms with E-state index in [2.05, 4.69) is 0 Å². The minimum atomic E-state index is -1.50. The van der Waals surface area contributed by atoms with Crippen LogP contribution in [0.15, 0.2) is 18.2 Å². The highest BCUT2D eigenvalue weighted by Crippen LogP contribution is 2.38. The number of rotatable bonds is 0. The van der Waals surface area contributed by atoms with Gasteiger partial charge in [0.15, 0.2) is 11.5 Å². The number of aliphatic hydroxyl groups is 1. The van der Waals surface area contributed by atoms with E-state index < -0.39 is 5.97 Å². The van der Waals surface area contributed by atoms with Crippen molar-refractivity contribution >= 4 is 0 Å². The highest BCUT2D eigenvalue weighted by Gasteiger charge is 2.34. The lowest BCUT2D eigenvalue weighted by Crippen LogP contribution is -2.33. The first-order chi connectivity index (χ1) is 6.57. The third-order valence-electron chi connectivity index (χ3n) is 1.70. The molecular formula is C11H16O3. The quantitative estimate of drug-likeness (QED) is 0.692. The Hall–Kier alpha value is -1.22. The summed E-state index contributed by atoms with van der Waals surface area (Å²) >= 11 is 0. The lowest BCUT2D eigenvalue weighted by Gasteiger charge is -2.13. The number of fused-ring (bicyclic) bond motifs is 1. The molecule has 0 bridgehead atoms. The van der Waals surface area contributed by atoms with Gasteiger partial charge in [0.2, 0.25) is 0 Å². The van der Waals surface area contributed by atoms with E-state index in [-0.39, 0.29) is 0 Å². The SMILES string of the molecule is CC.Cc1ccc2c(c1)OC(C)(O)O2. The topological polar surface area (TPSA) is 38.7 Å². The minimum absolute atomic E-state index is 0.589. The highest BCUT2D eigenvalue weighted by molar-refractivity contribution is 5.44. The molecule has 1 N–H and O–H groups in total. The molecule has 1 unspecified atom stereocenters. The fourth-order valence-electron chi connectivity index (χ4n) is 1.21. The minimum Gasteiger partial charge on any atom is -0.426 e. The molecule has 1 heterocycles. The smallest absolute Gasteiger partial charge is 0.366 e. The summed E-state index contributed by atoms with van der Waals surface area (Å²) in [4.78, 5) is 0. The number of aryl methyl sites for hydroxylation is 1. The van der Waals surface area contributed by atoms with Gasteiger partial charge in [0.25, 0.3) is 0 Å². The maximum Gasteiger partial charge on any atom is 0.366 e. The van der Waals surface area contributed by atoms with Crippen molar-refractivity contribution in [3.63, 3.8) is 0 Å². The maximum absolute atomic E-state index is 9.36. The molecule has 2 rings (SSSR count). The summed E-state index contributed by atoms with van der Waals surface area (Å²) in [6, 6.07) is 5.52. The van der Waals surface area contributed by atoms with E-state index >= 15 is 0 Å². The summed E-state index contributed by atoms with van der Waals surface area (Å²) < 4.78 is 10.2. The van der Waals surface area contributed by atoms with Gasteiger partial charge in [-0.1, -0.05) is 19.9 Å². The molecule has 0 amide bonds. The fraction of sp³-hybridized carbons (Fsp3) is 0.455. The van der Waals surface area contributed by atoms with Crippen molar-refractivity contribution in [2.75, 3.05) is 0 Å². The molecule has 0 spiro atoms. The van der Waals surface area contributed by atoms with Gasteiger partial charge in [0, 0.05) is 6.92 Å². The van der Waals surface area contributed by atoms with E-state index in [1.54, 1.807) is 6.07 Å². The van der Waals surface area contributed by atoms with Gasteiger partial charge in [-0.2, -0.15) is 0 Å². The average molecular weight is 196 g/mol. The Morgan fingerprint density at radius 1 is 1.14 bits per heavy atom. The van der Waals surface area contributed by atoms with Crippen molar-refractivity contribution in [3.05, 3.63) is 23.8 Å². The summed E-state index contributed by atoms with van der Waals surface area (Å²) in [7, 11) is 0. The van der Waals surface area contributed by atoms with Gasteiger partial charge >= 0.3 is 5.97 Å². The number of ether oxygens (including phenoxy) is 2. The number of hydrogen-bond donors (Lipinski definition) is 1. The molecule has 78 valence electrons. The van der Waals surface area contributed by atoms with Gasteiger partial charge < -0.3 is 14.6 Å². The van der Waals surface area contributed by atoms with Crippen LogP contribution >= 0.6 is 0 Å². The molecule has 0 radical (unpaired) electrons. The third kappa shape index (κ3) is 2.17. The van der Waals surface area contributed by atoms with Crippen molar-refractivity contribution in [1.82, 2.24) is 0 Å². The maximum atomic E-state index is 9.36. The first-order valence-corrected chi connectivity index (χ1v) is 4.78. The first-order valence-electron chi connectivity index (χ1n) is 4.78. The van der Waals surface area contributed by atoms with Gasteiger partial charge in [-0.05, 0) is 24.6 Å². The molecule has 3 nitrogen and oxygen atoms in total. The van der Waals surface area contributed by atoms with E-state index in [9.17, 15) is 5.11 Å². The highest BCUT2D eigenvalue weighted by atomic mass is 16.8. The molecule has 1 atom stereocenters. The number of hydrogen-bond acceptors (Lipinski definition) is 3. The zero-order chi connectivity index (χ0) is 10.8. The molecule has 1 aromatic carbocycles. The first kappa shape index (κ1) is 10.9. The molecule has 1 aromatic rings. The van der Waals surface area contributed by atoms with Crippen LogP contribution in [0, 0.1) is 6.92 Å². The van der Waals surface area contributed by atoms with Crippen LogP contribution in [0.4, 0.5) is 0 Å². The van der Waals surface area contributed by atoms with Crippen LogP contribution in [0.25, 0.3) is 0 Å². The Bertz CT molecular complexity index is 318. The monoisotopic (exact) mass is 196 g/mol. The van der Waals surface area contributed by atoms with Gasteiger partial charge in [-0.25, -0.2) is 0 Å². The van der Waals surface area contributed by atoms with Crippen LogP contribution < -0.4 is 9.47 Å². The molecular weight excluding hydrogens is 180 g/mol. The van der Waals surface area contributed by atoms with Gasteiger partial charge in [-0.3, -0.25) is 0 Å². The second-order valence-corrected chi connectivity index (χ2v) is 3.05. The number of benzene rings is 1. The molecule has 0 aromatic heterocycles. The Labute approximate surface area is 84.3 Å². The van der Waals surface area contributed by atoms with Crippen molar-refractivity contribution in [2.24, 2.45) is 0 Å². The fourth-order valence-corrected chi connectivity index (χ4v) is 1.21. The van der Waals surface area contributed by atoms with E-state index in [1.807, 2.05) is 32.9 Å². The molecule has 14 heavy (non-hydrogen) atoms. The van der Waals surface area contributed by atoms with E-state index in [4.69, 9.17) is 9.47 Å².